The molecular formula is C17H27N3O. The quantitative estimate of drug-likeness (QED) is 0.901. The maximum absolute atomic E-state index is 12.8. The topological polar surface area (TPSA) is 45.2 Å². The third kappa shape index (κ3) is 3.74. The van der Waals surface area contributed by atoms with Crippen LogP contribution in [0.25, 0.3) is 0 Å². The van der Waals surface area contributed by atoms with Crippen LogP contribution in [-0.4, -0.2) is 35.4 Å². The largest absolute Gasteiger partial charge is 0.369 e. The highest BCUT2D eigenvalue weighted by Gasteiger charge is 2.29. The van der Waals surface area contributed by atoms with E-state index in [1.807, 2.05) is 24.1 Å². The van der Waals surface area contributed by atoms with Gasteiger partial charge in [0, 0.05) is 25.8 Å². The Kier molecular flexibility index (Phi) is 5.59. The number of hydrogen-bond acceptors (Lipinski definition) is 3. The van der Waals surface area contributed by atoms with Gasteiger partial charge in [-0.15, -0.1) is 0 Å². The van der Waals surface area contributed by atoms with E-state index in [1.165, 1.54) is 19.3 Å². The Bertz CT molecular complexity index is 475. The van der Waals surface area contributed by atoms with E-state index >= 15 is 0 Å². The summed E-state index contributed by atoms with van der Waals surface area (Å²) in [6, 6.07) is 4.06. The van der Waals surface area contributed by atoms with Gasteiger partial charge in [-0.1, -0.05) is 26.7 Å². The zero-order valence-corrected chi connectivity index (χ0v) is 13.4. The summed E-state index contributed by atoms with van der Waals surface area (Å²) < 4.78 is 0. The molecule has 0 saturated heterocycles. The van der Waals surface area contributed by atoms with Gasteiger partial charge in [0.25, 0.3) is 5.91 Å². The molecule has 1 heterocycles. The molecular weight excluding hydrogens is 262 g/mol. The summed E-state index contributed by atoms with van der Waals surface area (Å²) in [6.07, 6.45) is 7.59. The van der Waals surface area contributed by atoms with Crippen molar-refractivity contribution in [2.75, 3.05) is 18.9 Å². The van der Waals surface area contributed by atoms with Crippen molar-refractivity contribution in [3.05, 3.63) is 23.9 Å². The zero-order chi connectivity index (χ0) is 15.2. The van der Waals surface area contributed by atoms with Gasteiger partial charge in [0.15, 0.2) is 0 Å². The van der Waals surface area contributed by atoms with Gasteiger partial charge in [0.05, 0.1) is 5.56 Å². The van der Waals surface area contributed by atoms with E-state index in [4.69, 9.17) is 0 Å². The molecule has 1 fully saturated rings. The molecule has 0 aliphatic heterocycles. The highest BCUT2D eigenvalue weighted by Crippen LogP contribution is 2.28. The average molecular weight is 289 g/mol. The number of carbonyl (C=O) groups excluding carboxylic acids is 1. The first-order valence-corrected chi connectivity index (χ1v) is 8.11. The highest BCUT2D eigenvalue weighted by molar-refractivity contribution is 5.98. The Morgan fingerprint density at radius 2 is 2.19 bits per heavy atom. The molecule has 0 spiro atoms. The average Bonchev–Trinajstić information content (AvgIpc) is 2.52. The van der Waals surface area contributed by atoms with Crippen molar-refractivity contribution in [2.24, 2.45) is 5.92 Å². The first kappa shape index (κ1) is 15.8. The van der Waals surface area contributed by atoms with Crippen molar-refractivity contribution < 1.29 is 4.79 Å². The fourth-order valence-electron chi connectivity index (χ4n) is 3.17. The van der Waals surface area contributed by atoms with Crippen LogP contribution in [-0.2, 0) is 0 Å². The molecule has 1 aromatic heterocycles. The smallest absolute Gasteiger partial charge is 0.257 e. The van der Waals surface area contributed by atoms with Gasteiger partial charge in [0.1, 0.15) is 5.82 Å². The van der Waals surface area contributed by atoms with Crippen LogP contribution in [0.4, 0.5) is 5.82 Å². The van der Waals surface area contributed by atoms with Crippen molar-refractivity contribution in [1.82, 2.24) is 9.88 Å². The third-order valence-electron chi connectivity index (χ3n) is 4.46. The maximum atomic E-state index is 12.8. The third-order valence-corrected chi connectivity index (χ3v) is 4.46. The molecule has 0 bridgehead atoms. The summed E-state index contributed by atoms with van der Waals surface area (Å²) in [6.45, 7) is 5.20. The Balaban J connectivity index is 2.15. The summed E-state index contributed by atoms with van der Waals surface area (Å²) in [5, 5.41) is 3.25. The second kappa shape index (κ2) is 7.43. The predicted octanol–water partition coefficient (Wildman–Crippen LogP) is 3.55. The Hall–Kier alpha value is -1.58. The maximum Gasteiger partial charge on any atom is 0.257 e. The van der Waals surface area contributed by atoms with Crippen LogP contribution in [0, 0.1) is 5.92 Å². The molecule has 4 nitrogen and oxygen atoms in total. The van der Waals surface area contributed by atoms with Crippen LogP contribution in [0.1, 0.15) is 56.3 Å². The summed E-state index contributed by atoms with van der Waals surface area (Å²) in [5.74, 6) is 1.37. The monoisotopic (exact) mass is 289 g/mol. The first-order chi connectivity index (χ1) is 10.1. The predicted molar refractivity (Wildman–Crippen MR) is 86.5 cm³/mol. The van der Waals surface area contributed by atoms with Crippen molar-refractivity contribution in [3.63, 3.8) is 0 Å². The Labute approximate surface area is 127 Å². The van der Waals surface area contributed by atoms with E-state index < -0.39 is 0 Å². The lowest BCUT2D eigenvalue weighted by molar-refractivity contribution is 0.0629. The van der Waals surface area contributed by atoms with E-state index in [-0.39, 0.29) is 5.91 Å². The molecule has 0 radical (unpaired) electrons. The second-order valence-electron chi connectivity index (χ2n) is 6.07. The lowest BCUT2D eigenvalue weighted by Gasteiger charge is -2.36. The SMILES string of the molecule is CCCNc1ncccc1C(=O)N(C)C1CCCCC1C. The van der Waals surface area contributed by atoms with E-state index in [1.54, 1.807) is 6.20 Å². The number of pyridine rings is 1. The number of nitrogens with one attached hydrogen (secondary N) is 1. The molecule has 1 aliphatic rings. The minimum atomic E-state index is 0.0838. The minimum Gasteiger partial charge on any atom is -0.369 e. The molecule has 21 heavy (non-hydrogen) atoms. The Morgan fingerprint density at radius 3 is 2.90 bits per heavy atom. The van der Waals surface area contributed by atoms with Crippen LogP contribution >= 0.6 is 0 Å². The van der Waals surface area contributed by atoms with Gasteiger partial charge in [-0.3, -0.25) is 4.79 Å². The number of aromatic nitrogens is 1. The van der Waals surface area contributed by atoms with Crippen molar-refractivity contribution in [3.8, 4) is 0 Å². The molecule has 1 saturated carbocycles. The molecule has 1 aromatic rings. The number of anilines is 1. The summed E-state index contributed by atoms with van der Waals surface area (Å²) in [4.78, 5) is 19.1. The van der Waals surface area contributed by atoms with Crippen LogP contribution in [0.3, 0.4) is 0 Å². The van der Waals surface area contributed by atoms with E-state index in [0.717, 1.165) is 19.4 Å². The number of rotatable bonds is 5. The van der Waals surface area contributed by atoms with Crippen molar-refractivity contribution in [2.45, 2.75) is 52.0 Å². The number of amides is 1. The van der Waals surface area contributed by atoms with Crippen molar-refractivity contribution >= 4 is 11.7 Å². The molecule has 2 atom stereocenters. The fraction of sp³-hybridized carbons (Fsp3) is 0.647. The van der Waals surface area contributed by atoms with Gasteiger partial charge < -0.3 is 10.2 Å². The number of carbonyl (C=O) groups is 1. The lowest BCUT2D eigenvalue weighted by atomic mass is 9.85. The van der Waals surface area contributed by atoms with Crippen LogP contribution < -0.4 is 5.32 Å². The molecule has 2 unspecified atom stereocenters. The van der Waals surface area contributed by atoms with Gasteiger partial charge in [-0.2, -0.15) is 0 Å². The molecule has 1 amide bonds. The summed E-state index contributed by atoms with van der Waals surface area (Å²) in [5.41, 5.74) is 0.686. The lowest BCUT2D eigenvalue weighted by Crippen LogP contribution is -2.42. The Morgan fingerprint density at radius 1 is 1.43 bits per heavy atom. The fourth-order valence-corrected chi connectivity index (χ4v) is 3.17. The zero-order valence-electron chi connectivity index (χ0n) is 13.4. The van der Waals surface area contributed by atoms with E-state index in [9.17, 15) is 4.79 Å². The molecule has 1 N–H and O–H groups in total. The van der Waals surface area contributed by atoms with E-state index in [2.05, 4.69) is 24.1 Å². The first-order valence-electron chi connectivity index (χ1n) is 8.11. The highest BCUT2D eigenvalue weighted by atomic mass is 16.2. The van der Waals surface area contributed by atoms with Gasteiger partial charge in [-0.05, 0) is 37.3 Å². The molecule has 116 valence electrons. The molecule has 4 heteroatoms. The molecule has 1 aliphatic carbocycles. The van der Waals surface area contributed by atoms with Crippen LogP contribution in [0.5, 0.6) is 0 Å². The van der Waals surface area contributed by atoms with Gasteiger partial charge in [0.2, 0.25) is 0 Å². The van der Waals surface area contributed by atoms with Crippen LogP contribution in [0.15, 0.2) is 18.3 Å². The van der Waals surface area contributed by atoms with Crippen LogP contribution in [0.2, 0.25) is 0 Å². The minimum absolute atomic E-state index is 0.0838. The van der Waals surface area contributed by atoms with Crippen molar-refractivity contribution in [1.29, 1.82) is 0 Å². The second-order valence-corrected chi connectivity index (χ2v) is 6.07. The normalized spacial score (nSPS) is 21.9. The molecule has 2 rings (SSSR count). The van der Waals surface area contributed by atoms with Gasteiger partial charge >= 0.3 is 0 Å². The van der Waals surface area contributed by atoms with E-state index in [0.29, 0.717) is 23.3 Å². The number of hydrogen-bond donors (Lipinski definition) is 1. The standard InChI is InChI=1S/C17H27N3O/c1-4-11-18-16-14(9-7-12-19-16)17(21)20(3)15-10-6-5-8-13(15)2/h7,9,12-13,15H,4-6,8,10-11H2,1-3H3,(H,18,19). The summed E-state index contributed by atoms with van der Waals surface area (Å²) in [7, 11) is 1.94. The van der Waals surface area contributed by atoms with Gasteiger partial charge in [-0.25, -0.2) is 4.98 Å². The summed E-state index contributed by atoms with van der Waals surface area (Å²) >= 11 is 0. The number of nitrogens with zero attached hydrogens (tertiary/aromatic N) is 2. The molecule has 0 aromatic carbocycles.